The van der Waals surface area contributed by atoms with Gasteiger partial charge in [-0.15, -0.1) is 11.3 Å². The van der Waals surface area contributed by atoms with E-state index in [1.807, 2.05) is 18.2 Å². The highest BCUT2D eigenvalue weighted by atomic mass is 35.5. The molecule has 2 nitrogen and oxygen atoms in total. The molecule has 0 spiro atoms. The molecule has 15 heavy (non-hydrogen) atoms. The number of hydrogen-bond donors (Lipinski definition) is 1. The summed E-state index contributed by atoms with van der Waals surface area (Å²) in [4.78, 5) is 4.58. The molecular weight excluding hydrogens is 228 g/mol. The summed E-state index contributed by atoms with van der Waals surface area (Å²) in [5.41, 5.74) is 7.06. The van der Waals surface area contributed by atoms with Crippen molar-refractivity contribution in [2.24, 2.45) is 5.73 Å². The maximum atomic E-state index is 6.24. The minimum Gasteiger partial charge on any atom is -0.319 e. The molecule has 0 saturated heterocycles. The van der Waals surface area contributed by atoms with Gasteiger partial charge in [0.15, 0.2) is 0 Å². The molecule has 3 rings (SSSR count). The molecule has 0 aliphatic heterocycles. The Morgan fingerprint density at radius 3 is 2.87 bits per heavy atom. The van der Waals surface area contributed by atoms with Gasteiger partial charge in [-0.25, -0.2) is 4.98 Å². The zero-order valence-corrected chi connectivity index (χ0v) is 9.74. The Hall–Kier alpha value is -0.640. The maximum Gasteiger partial charge on any atom is 0.114 e. The first-order valence-corrected chi connectivity index (χ1v) is 6.22. The molecule has 0 radical (unpaired) electrons. The average molecular weight is 239 g/mol. The third-order valence-electron chi connectivity index (χ3n) is 3.02. The summed E-state index contributed by atoms with van der Waals surface area (Å²) in [5.74, 6) is 0. The van der Waals surface area contributed by atoms with Crippen LogP contribution < -0.4 is 5.73 Å². The topological polar surface area (TPSA) is 38.9 Å². The van der Waals surface area contributed by atoms with Gasteiger partial charge in [0.1, 0.15) is 5.01 Å². The highest BCUT2D eigenvalue weighted by Gasteiger charge is 2.37. The van der Waals surface area contributed by atoms with Crippen LogP contribution in [-0.2, 0) is 5.54 Å². The first kappa shape index (κ1) is 9.58. The fourth-order valence-electron chi connectivity index (χ4n) is 1.89. The maximum absolute atomic E-state index is 6.24. The van der Waals surface area contributed by atoms with E-state index in [9.17, 15) is 0 Å². The number of hydrogen-bond acceptors (Lipinski definition) is 3. The zero-order chi connectivity index (χ0) is 10.5. The molecule has 1 aliphatic carbocycles. The van der Waals surface area contributed by atoms with Gasteiger partial charge < -0.3 is 5.73 Å². The van der Waals surface area contributed by atoms with Crippen molar-refractivity contribution < 1.29 is 0 Å². The molecule has 1 aliphatic rings. The Balaban J connectivity index is 2.14. The van der Waals surface area contributed by atoms with Crippen LogP contribution in [0.2, 0.25) is 5.02 Å². The molecule has 2 aromatic rings. The van der Waals surface area contributed by atoms with Crippen molar-refractivity contribution in [2.45, 2.75) is 24.8 Å². The molecule has 1 aromatic carbocycles. The number of fused-ring (bicyclic) bond motifs is 1. The standard InChI is InChI=1S/C11H11ClN2S/c12-7-2-3-9-8(6-7)14-10(15-9)11(13)4-1-5-11/h2-3,6H,1,4-5,13H2. The van der Waals surface area contributed by atoms with Crippen LogP contribution in [-0.4, -0.2) is 4.98 Å². The SMILES string of the molecule is NC1(c2nc3cc(Cl)ccc3s2)CCC1. The lowest BCUT2D eigenvalue weighted by molar-refractivity contribution is 0.253. The minimum atomic E-state index is -0.157. The number of halogens is 1. The van der Waals surface area contributed by atoms with E-state index in [0.29, 0.717) is 0 Å². The van der Waals surface area contributed by atoms with E-state index in [-0.39, 0.29) is 5.54 Å². The predicted octanol–water partition coefficient (Wildman–Crippen LogP) is 3.29. The fourth-order valence-corrected chi connectivity index (χ4v) is 3.16. The normalized spacial score (nSPS) is 19.1. The highest BCUT2D eigenvalue weighted by molar-refractivity contribution is 7.18. The van der Waals surface area contributed by atoms with Crippen molar-refractivity contribution >= 4 is 33.2 Å². The third kappa shape index (κ3) is 1.46. The molecule has 1 heterocycles. The molecule has 2 N–H and O–H groups in total. The van der Waals surface area contributed by atoms with Crippen LogP contribution in [0.15, 0.2) is 18.2 Å². The summed E-state index contributed by atoms with van der Waals surface area (Å²) in [7, 11) is 0. The number of aromatic nitrogens is 1. The van der Waals surface area contributed by atoms with Crippen molar-refractivity contribution in [1.82, 2.24) is 4.98 Å². The van der Waals surface area contributed by atoms with E-state index in [0.717, 1.165) is 28.4 Å². The van der Waals surface area contributed by atoms with Gasteiger partial charge in [0, 0.05) is 5.02 Å². The average Bonchev–Trinajstić information content (AvgIpc) is 2.57. The summed E-state index contributed by atoms with van der Waals surface area (Å²) < 4.78 is 1.17. The molecule has 1 saturated carbocycles. The van der Waals surface area contributed by atoms with Gasteiger partial charge in [0.2, 0.25) is 0 Å². The minimum absolute atomic E-state index is 0.157. The van der Waals surface area contributed by atoms with Crippen molar-refractivity contribution in [2.75, 3.05) is 0 Å². The van der Waals surface area contributed by atoms with Gasteiger partial charge in [-0.2, -0.15) is 0 Å². The Kier molecular flexibility index (Phi) is 2.03. The number of nitrogens with zero attached hydrogens (tertiary/aromatic N) is 1. The van der Waals surface area contributed by atoms with Crippen LogP contribution in [0.3, 0.4) is 0 Å². The Bertz CT molecular complexity index is 516. The van der Waals surface area contributed by atoms with Gasteiger partial charge in [-0.05, 0) is 37.5 Å². The van der Waals surface area contributed by atoms with Crippen molar-refractivity contribution in [3.8, 4) is 0 Å². The monoisotopic (exact) mass is 238 g/mol. The molecule has 0 bridgehead atoms. The van der Waals surface area contributed by atoms with E-state index < -0.39 is 0 Å². The number of nitrogens with two attached hydrogens (primary N) is 1. The van der Waals surface area contributed by atoms with E-state index >= 15 is 0 Å². The zero-order valence-electron chi connectivity index (χ0n) is 8.16. The molecular formula is C11H11ClN2S. The van der Waals surface area contributed by atoms with E-state index in [1.54, 1.807) is 11.3 Å². The first-order valence-electron chi connectivity index (χ1n) is 5.03. The van der Waals surface area contributed by atoms with Crippen LogP contribution >= 0.6 is 22.9 Å². The predicted molar refractivity (Wildman–Crippen MR) is 64.3 cm³/mol. The van der Waals surface area contributed by atoms with Gasteiger partial charge in [0.05, 0.1) is 15.8 Å². The van der Waals surface area contributed by atoms with Crippen LogP contribution in [0.4, 0.5) is 0 Å². The van der Waals surface area contributed by atoms with Crippen molar-refractivity contribution in [1.29, 1.82) is 0 Å². The van der Waals surface area contributed by atoms with Crippen molar-refractivity contribution in [3.05, 3.63) is 28.2 Å². The Labute approximate surface area is 97.1 Å². The lowest BCUT2D eigenvalue weighted by Gasteiger charge is -2.35. The second kappa shape index (κ2) is 3.17. The van der Waals surface area contributed by atoms with Gasteiger partial charge >= 0.3 is 0 Å². The molecule has 4 heteroatoms. The number of benzene rings is 1. The first-order chi connectivity index (χ1) is 7.17. The lowest BCUT2D eigenvalue weighted by Crippen LogP contribution is -2.43. The van der Waals surface area contributed by atoms with Crippen LogP contribution in [0, 0.1) is 0 Å². The molecule has 1 fully saturated rings. The lowest BCUT2D eigenvalue weighted by atomic mass is 9.78. The summed E-state index contributed by atoms with van der Waals surface area (Å²) in [6.07, 6.45) is 3.33. The Morgan fingerprint density at radius 2 is 2.20 bits per heavy atom. The number of thiazole rings is 1. The van der Waals surface area contributed by atoms with Crippen LogP contribution in [0.1, 0.15) is 24.3 Å². The van der Waals surface area contributed by atoms with Gasteiger partial charge in [-0.1, -0.05) is 11.6 Å². The quantitative estimate of drug-likeness (QED) is 0.828. The molecule has 0 amide bonds. The molecule has 1 aromatic heterocycles. The molecule has 78 valence electrons. The fraction of sp³-hybridized carbons (Fsp3) is 0.364. The second-order valence-corrected chi connectivity index (χ2v) is 5.61. The summed E-state index contributed by atoms with van der Waals surface area (Å²) >= 11 is 7.62. The number of rotatable bonds is 1. The second-order valence-electron chi connectivity index (χ2n) is 4.14. The van der Waals surface area contributed by atoms with E-state index in [2.05, 4.69) is 4.98 Å². The largest absolute Gasteiger partial charge is 0.319 e. The highest BCUT2D eigenvalue weighted by Crippen LogP contribution is 2.41. The van der Waals surface area contributed by atoms with Crippen LogP contribution in [0.25, 0.3) is 10.2 Å². The van der Waals surface area contributed by atoms with Crippen LogP contribution in [0.5, 0.6) is 0 Å². The van der Waals surface area contributed by atoms with E-state index in [1.165, 1.54) is 11.1 Å². The Morgan fingerprint density at radius 1 is 1.40 bits per heavy atom. The van der Waals surface area contributed by atoms with Gasteiger partial charge in [0.25, 0.3) is 0 Å². The molecule has 0 unspecified atom stereocenters. The third-order valence-corrected chi connectivity index (χ3v) is 4.51. The van der Waals surface area contributed by atoms with Gasteiger partial charge in [-0.3, -0.25) is 0 Å². The van der Waals surface area contributed by atoms with Crippen molar-refractivity contribution in [3.63, 3.8) is 0 Å². The molecule has 0 atom stereocenters. The summed E-state index contributed by atoms with van der Waals surface area (Å²) in [6, 6.07) is 5.82. The van der Waals surface area contributed by atoms with E-state index in [4.69, 9.17) is 17.3 Å². The summed E-state index contributed by atoms with van der Waals surface area (Å²) in [6.45, 7) is 0. The smallest absolute Gasteiger partial charge is 0.114 e. The summed E-state index contributed by atoms with van der Waals surface area (Å²) in [5, 5.41) is 1.80.